The van der Waals surface area contributed by atoms with Crippen LogP contribution in [0.15, 0.2) is 34.4 Å². The van der Waals surface area contributed by atoms with Crippen LogP contribution in [0.5, 0.6) is 0 Å². The van der Waals surface area contributed by atoms with Crippen LogP contribution >= 0.6 is 27.3 Å². The predicted molar refractivity (Wildman–Crippen MR) is 76.5 cm³/mol. The first kappa shape index (κ1) is 12.7. The van der Waals surface area contributed by atoms with Gasteiger partial charge in [-0.15, -0.1) is 11.3 Å². The van der Waals surface area contributed by atoms with E-state index in [4.69, 9.17) is 0 Å². The summed E-state index contributed by atoms with van der Waals surface area (Å²) in [5.41, 5.74) is 2.53. The van der Waals surface area contributed by atoms with Crippen LogP contribution in [0.25, 0.3) is 0 Å². The normalized spacial score (nSPS) is 12.6. The number of thiophene rings is 1. The third kappa shape index (κ3) is 2.94. The molecule has 0 aliphatic rings. The Hall–Kier alpha value is -0.710. The van der Waals surface area contributed by atoms with Crippen molar-refractivity contribution in [1.82, 2.24) is 10.3 Å². The third-order valence-electron chi connectivity index (χ3n) is 2.68. The Balaban J connectivity index is 2.39. The van der Waals surface area contributed by atoms with Gasteiger partial charge < -0.3 is 5.32 Å². The van der Waals surface area contributed by atoms with Gasteiger partial charge in [-0.1, -0.05) is 6.92 Å². The van der Waals surface area contributed by atoms with Crippen molar-refractivity contribution in [2.75, 3.05) is 6.54 Å². The van der Waals surface area contributed by atoms with Crippen molar-refractivity contribution in [1.29, 1.82) is 0 Å². The Bertz CT molecular complexity index is 496. The van der Waals surface area contributed by atoms with E-state index < -0.39 is 0 Å². The van der Waals surface area contributed by atoms with Gasteiger partial charge >= 0.3 is 0 Å². The summed E-state index contributed by atoms with van der Waals surface area (Å²) in [5, 5.41) is 3.52. The molecule has 1 atom stereocenters. The second-order valence-corrected chi connectivity index (χ2v) is 6.36. The zero-order chi connectivity index (χ0) is 12.3. The van der Waals surface area contributed by atoms with E-state index in [2.05, 4.69) is 58.3 Å². The fraction of sp³-hybridized carbons (Fsp3) is 0.308. The molecule has 1 N–H and O–H groups in total. The molecule has 0 aliphatic heterocycles. The van der Waals surface area contributed by atoms with E-state index in [9.17, 15) is 0 Å². The highest BCUT2D eigenvalue weighted by Crippen LogP contribution is 2.32. The Morgan fingerprint density at radius 3 is 2.82 bits per heavy atom. The zero-order valence-corrected chi connectivity index (χ0v) is 12.3. The van der Waals surface area contributed by atoms with Crippen LogP contribution in [-0.2, 0) is 0 Å². The van der Waals surface area contributed by atoms with E-state index >= 15 is 0 Å². The quantitative estimate of drug-likeness (QED) is 0.926. The highest BCUT2D eigenvalue weighted by atomic mass is 79.9. The van der Waals surface area contributed by atoms with E-state index in [0.29, 0.717) is 0 Å². The summed E-state index contributed by atoms with van der Waals surface area (Å²) in [5.74, 6) is 0. The predicted octanol–water partition coefficient (Wildman–Crippen LogP) is 3.91. The highest BCUT2D eigenvalue weighted by molar-refractivity contribution is 9.11. The summed E-state index contributed by atoms with van der Waals surface area (Å²) >= 11 is 5.28. The number of pyridine rings is 1. The summed E-state index contributed by atoms with van der Waals surface area (Å²) < 4.78 is 1.16. The van der Waals surface area contributed by atoms with E-state index in [-0.39, 0.29) is 6.04 Å². The summed E-state index contributed by atoms with van der Waals surface area (Å²) in [6.07, 6.45) is 3.79. The molecule has 1 unspecified atom stereocenters. The molecule has 2 heterocycles. The van der Waals surface area contributed by atoms with Gasteiger partial charge in [-0.25, -0.2) is 0 Å². The highest BCUT2D eigenvalue weighted by Gasteiger charge is 2.16. The van der Waals surface area contributed by atoms with Crippen molar-refractivity contribution in [2.45, 2.75) is 19.9 Å². The lowest BCUT2D eigenvalue weighted by Crippen LogP contribution is -2.22. The minimum Gasteiger partial charge on any atom is -0.306 e. The van der Waals surface area contributed by atoms with Crippen molar-refractivity contribution in [3.8, 4) is 0 Å². The number of hydrogen-bond acceptors (Lipinski definition) is 3. The maximum atomic E-state index is 4.23. The van der Waals surface area contributed by atoms with Gasteiger partial charge in [0.15, 0.2) is 0 Å². The molecule has 0 fully saturated rings. The van der Waals surface area contributed by atoms with Gasteiger partial charge in [0.1, 0.15) is 0 Å². The number of nitrogens with zero attached hydrogens (tertiary/aromatic N) is 1. The molecule has 0 spiro atoms. The summed E-state index contributed by atoms with van der Waals surface area (Å²) in [6, 6.07) is 6.55. The first-order valence-corrected chi connectivity index (χ1v) is 7.22. The number of aryl methyl sites for hydroxylation is 1. The van der Waals surface area contributed by atoms with Crippen molar-refractivity contribution in [2.24, 2.45) is 0 Å². The van der Waals surface area contributed by atoms with Crippen LogP contribution in [0.3, 0.4) is 0 Å². The van der Waals surface area contributed by atoms with Gasteiger partial charge in [-0.2, -0.15) is 0 Å². The Morgan fingerprint density at radius 1 is 1.41 bits per heavy atom. The van der Waals surface area contributed by atoms with Crippen molar-refractivity contribution < 1.29 is 0 Å². The van der Waals surface area contributed by atoms with Crippen molar-refractivity contribution >= 4 is 27.3 Å². The van der Waals surface area contributed by atoms with E-state index in [0.717, 1.165) is 10.3 Å². The average Bonchev–Trinajstić information content (AvgIpc) is 2.74. The van der Waals surface area contributed by atoms with Crippen LogP contribution in [0.2, 0.25) is 0 Å². The molecule has 2 aromatic heterocycles. The number of nitrogens with one attached hydrogen (secondary N) is 1. The Morgan fingerprint density at radius 2 is 2.24 bits per heavy atom. The fourth-order valence-corrected chi connectivity index (χ4v) is 3.35. The lowest BCUT2D eigenvalue weighted by molar-refractivity contribution is 0.634. The lowest BCUT2D eigenvalue weighted by atomic mass is 10.0. The van der Waals surface area contributed by atoms with Gasteiger partial charge in [0.2, 0.25) is 0 Å². The fourth-order valence-electron chi connectivity index (χ4n) is 1.83. The lowest BCUT2D eigenvalue weighted by Gasteiger charge is -2.18. The average molecular weight is 311 g/mol. The number of rotatable bonds is 4. The van der Waals surface area contributed by atoms with Gasteiger partial charge in [-0.3, -0.25) is 4.98 Å². The second kappa shape index (κ2) is 5.76. The maximum Gasteiger partial charge on any atom is 0.0702 e. The van der Waals surface area contributed by atoms with Crippen LogP contribution in [-0.4, -0.2) is 11.5 Å². The number of halogens is 1. The van der Waals surface area contributed by atoms with Crippen LogP contribution in [0.1, 0.15) is 29.0 Å². The zero-order valence-electron chi connectivity index (χ0n) is 9.90. The molecule has 0 aromatic carbocycles. The molecule has 17 heavy (non-hydrogen) atoms. The molecule has 0 aliphatic carbocycles. The van der Waals surface area contributed by atoms with Crippen molar-refractivity contribution in [3.05, 3.63) is 50.4 Å². The number of hydrogen-bond donors (Lipinski definition) is 1. The molecular weight excluding hydrogens is 296 g/mol. The molecule has 0 amide bonds. The molecule has 0 saturated carbocycles. The molecule has 4 heteroatoms. The first-order chi connectivity index (χ1) is 8.22. The smallest absolute Gasteiger partial charge is 0.0702 e. The van der Waals surface area contributed by atoms with Gasteiger partial charge in [-0.05, 0) is 58.7 Å². The first-order valence-electron chi connectivity index (χ1n) is 5.61. The van der Waals surface area contributed by atoms with Crippen LogP contribution < -0.4 is 5.32 Å². The number of aromatic nitrogens is 1. The second-order valence-electron chi connectivity index (χ2n) is 3.86. The molecular formula is C13H15BrN2S. The maximum absolute atomic E-state index is 4.23. The van der Waals surface area contributed by atoms with E-state index in [1.165, 1.54) is 16.0 Å². The van der Waals surface area contributed by atoms with E-state index in [1.807, 2.05) is 12.4 Å². The summed E-state index contributed by atoms with van der Waals surface area (Å²) in [6.45, 7) is 5.19. The standard InChI is InChI=1S/C13H15BrN2S/c1-3-16-13(11-4-5-12(14)17-11)10-8-15-7-6-9(10)2/h4-8,13,16H,3H2,1-2H3. The monoisotopic (exact) mass is 310 g/mol. The largest absolute Gasteiger partial charge is 0.306 e. The van der Waals surface area contributed by atoms with Crippen LogP contribution in [0.4, 0.5) is 0 Å². The molecule has 0 bridgehead atoms. The van der Waals surface area contributed by atoms with Crippen molar-refractivity contribution in [3.63, 3.8) is 0 Å². The van der Waals surface area contributed by atoms with Crippen LogP contribution in [0, 0.1) is 6.92 Å². The molecule has 0 radical (unpaired) electrons. The van der Waals surface area contributed by atoms with Gasteiger partial charge in [0.05, 0.1) is 9.83 Å². The molecule has 0 saturated heterocycles. The topological polar surface area (TPSA) is 24.9 Å². The summed E-state index contributed by atoms with van der Waals surface area (Å²) in [7, 11) is 0. The van der Waals surface area contributed by atoms with Gasteiger partial charge in [0, 0.05) is 17.3 Å². The molecule has 2 aromatic rings. The SMILES string of the molecule is CCNC(c1ccc(Br)s1)c1cnccc1C. The molecule has 90 valence electrons. The summed E-state index contributed by atoms with van der Waals surface area (Å²) in [4.78, 5) is 5.55. The Kier molecular flexibility index (Phi) is 4.31. The Labute approximate surface area is 114 Å². The minimum absolute atomic E-state index is 0.241. The molecule has 2 rings (SSSR count). The molecule has 2 nitrogen and oxygen atoms in total. The minimum atomic E-state index is 0.241. The third-order valence-corrected chi connectivity index (χ3v) is 4.37. The van der Waals surface area contributed by atoms with Gasteiger partial charge in [0.25, 0.3) is 0 Å². The van der Waals surface area contributed by atoms with E-state index in [1.54, 1.807) is 11.3 Å².